The third-order valence-electron chi connectivity index (χ3n) is 12.8. The molecule has 15 nitrogen and oxygen atoms in total. The lowest BCUT2D eigenvalue weighted by Gasteiger charge is -2.37. The average molecular weight is 851 g/mol. The smallest absolute Gasteiger partial charge is 0.407 e. The van der Waals surface area contributed by atoms with Gasteiger partial charge in [-0.2, -0.15) is 0 Å². The van der Waals surface area contributed by atoms with Crippen molar-refractivity contribution in [2.75, 3.05) is 34.0 Å². The van der Waals surface area contributed by atoms with Crippen molar-refractivity contribution in [3.63, 3.8) is 0 Å². The number of hydrogen-bond donors (Lipinski definition) is 4. The highest BCUT2D eigenvalue weighted by atomic mass is 19.1. The Bertz CT molecular complexity index is 2460. The van der Waals surface area contributed by atoms with Gasteiger partial charge in [0.15, 0.2) is 0 Å². The van der Waals surface area contributed by atoms with Crippen LogP contribution >= 0.6 is 0 Å². The van der Waals surface area contributed by atoms with E-state index in [1.165, 1.54) is 20.3 Å². The zero-order valence-electron chi connectivity index (χ0n) is 35.8. The van der Waals surface area contributed by atoms with Gasteiger partial charge < -0.3 is 44.6 Å². The monoisotopic (exact) mass is 850 g/mol. The molecule has 2 aromatic heterocycles. The summed E-state index contributed by atoms with van der Waals surface area (Å²) in [6.45, 7) is 7.56. The van der Waals surface area contributed by atoms with Gasteiger partial charge in [0.25, 0.3) is 0 Å². The molecule has 3 fully saturated rings. The van der Waals surface area contributed by atoms with Gasteiger partial charge >= 0.3 is 12.2 Å². The Balaban J connectivity index is 1.00. The lowest BCUT2D eigenvalue weighted by atomic mass is 9.90. The lowest BCUT2D eigenvalue weighted by molar-refractivity contribution is -0.139. The fourth-order valence-electron chi connectivity index (χ4n) is 9.69. The van der Waals surface area contributed by atoms with Gasteiger partial charge in [-0.05, 0) is 97.1 Å². The van der Waals surface area contributed by atoms with E-state index in [-0.39, 0.29) is 48.2 Å². The van der Waals surface area contributed by atoms with Crippen LogP contribution in [0.4, 0.5) is 14.0 Å². The number of benzene rings is 3. The Morgan fingerprint density at radius 3 is 2.42 bits per heavy atom. The van der Waals surface area contributed by atoms with Crippen LogP contribution in [0, 0.1) is 23.6 Å². The summed E-state index contributed by atoms with van der Waals surface area (Å²) in [4.78, 5) is 72.4. The number of carbonyl (C=O) groups is 4. The zero-order chi connectivity index (χ0) is 43.7. The Morgan fingerprint density at radius 2 is 1.69 bits per heavy atom. The number of halogens is 1. The molecule has 0 radical (unpaired) electrons. The number of nitrogens with zero attached hydrogens (tertiary/aromatic N) is 4. The second-order valence-corrected chi connectivity index (χ2v) is 17.1. The van der Waals surface area contributed by atoms with Crippen molar-refractivity contribution in [1.82, 2.24) is 40.4 Å². The lowest BCUT2D eigenvalue weighted by Crippen LogP contribution is -2.54. The molecule has 5 atom stereocenters. The number of piperidine rings is 1. The molecule has 8 rings (SSSR count). The topological polar surface area (TPSA) is 184 Å². The molecule has 2 aliphatic heterocycles. The molecular formula is C46H55FN8O7. The summed E-state index contributed by atoms with van der Waals surface area (Å²) in [5.41, 5.74) is 3.99. The number of fused-ring (bicyclic) bond motifs is 5. The van der Waals surface area contributed by atoms with Crippen LogP contribution in [-0.4, -0.2) is 106 Å². The van der Waals surface area contributed by atoms with E-state index in [0.717, 1.165) is 53.1 Å². The molecular weight excluding hydrogens is 796 g/mol. The summed E-state index contributed by atoms with van der Waals surface area (Å²) in [5, 5.41) is 7.33. The number of hydrogen-bond acceptors (Lipinski definition) is 9. The summed E-state index contributed by atoms with van der Waals surface area (Å²) in [5.74, 6) is 0.431. The Hall–Kier alpha value is -6.03. The number of ether oxygens (including phenoxy) is 3. The molecule has 328 valence electrons. The van der Waals surface area contributed by atoms with Gasteiger partial charge in [-0.15, -0.1) is 0 Å². The molecule has 0 spiro atoms. The molecule has 3 aromatic carbocycles. The molecule has 1 saturated carbocycles. The molecule has 16 heteroatoms. The van der Waals surface area contributed by atoms with Crippen LogP contribution < -0.4 is 10.6 Å². The number of likely N-dealkylation sites (tertiary alicyclic amines) is 1. The van der Waals surface area contributed by atoms with Gasteiger partial charge in [0, 0.05) is 36.8 Å². The van der Waals surface area contributed by atoms with Crippen molar-refractivity contribution in [3.8, 4) is 22.4 Å². The van der Waals surface area contributed by atoms with Crippen LogP contribution in [-0.2, 0) is 30.3 Å². The molecule has 1 aliphatic carbocycles. The Morgan fingerprint density at radius 1 is 0.952 bits per heavy atom. The van der Waals surface area contributed by atoms with Gasteiger partial charge in [-0.1, -0.05) is 45.0 Å². The highest BCUT2D eigenvalue weighted by molar-refractivity contribution is 6.05. The first-order valence-corrected chi connectivity index (χ1v) is 21.6. The second-order valence-electron chi connectivity index (χ2n) is 17.1. The Labute approximate surface area is 359 Å². The minimum Gasteiger partial charge on any atom is -0.453 e. The van der Waals surface area contributed by atoms with Crippen molar-refractivity contribution in [1.29, 1.82) is 0 Å². The van der Waals surface area contributed by atoms with Crippen molar-refractivity contribution < 1.29 is 37.8 Å². The number of nitrogens with one attached hydrogen (secondary N) is 4. The number of amides is 4. The van der Waals surface area contributed by atoms with E-state index >= 15 is 4.39 Å². The van der Waals surface area contributed by atoms with E-state index < -0.39 is 30.1 Å². The maximum absolute atomic E-state index is 16.1. The van der Waals surface area contributed by atoms with Gasteiger partial charge in [0.2, 0.25) is 11.8 Å². The first-order chi connectivity index (χ1) is 30.0. The number of alkyl carbamates (subject to hydrolysis) is 2. The number of aromatic nitrogens is 4. The van der Waals surface area contributed by atoms with Crippen molar-refractivity contribution in [2.45, 2.75) is 90.0 Å². The van der Waals surface area contributed by atoms with Crippen molar-refractivity contribution >= 4 is 45.8 Å². The molecule has 2 saturated heterocycles. The quantitative estimate of drug-likeness (QED) is 0.0949. The van der Waals surface area contributed by atoms with Crippen molar-refractivity contribution in [3.05, 3.63) is 72.2 Å². The summed E-state index contributed by atoms with van der Waals surface area (Å²) < 4.78 is 31.2. The summed E-state index contributed by atoms with van der Waals surface area (Å²) in [7, 11) is 2.56. The van der Waals surface area contributed by atoms with Gasteiger partial charge in [0.05, 0.1) is 49.7 Å². The minimum absolute atomic E-state index is 0.0428. The summed E-state index contributed by atoms with van der Waals surface area (Å²) in [6.07, 6.45) is 5.06. The van der Waals surface area contributed by atoms with E-state index in [2.05, 4.69) is 25.6 Å². The molecule has 3 aliphatic rings. The zero-order valence-corrected chi connectivity index (χ0v) is 35.8. The van der Waals surface area contributed by atoms with E-state index in [4.69, 9.17) is 19.2 Å². The van der Waals surface area contributed by atoms with Crippen LogP contribution in [0.3, 0.4) is 0 Å². The highest BCUT2D eigenvalue weighted by Gasteiger charge is 2.51. The molecule has 0 unspecified atom stereocenters. The van der Waals surface area contributed by atoms with Gasteiger partial charge in [-0.3, -0.25) is 9.59 Å². The first kappa shape index (κ1) is 42.7. The third kappa shape index (κ3) is 8.44. The minimum atomic E-state index is -0.750. The molecule has 4 amide bonds. The van der Waals surface area contributed by atoms with Crippen LogP contribution in [0.1, 0.15) is 77.0 Å². The predicted molar refractivity (Wildman–Crippen MR) is 230 cm³/mol. The van der Waals surface area contributed by atoms with Crippen molar-refractivity contribution in [2.24, 2.45) is 17.8 Å². The van der Waals surface area contributed by atoms with Gasteiger partial charge in [0.1, 0.15) is 29.5 Å². The maximum atomic E-state index is 16.1. The standard InChI is InChI=1S/C46H55FN8O7/c1-6-17-54(43(56)39(53-46(59)61-5)26-15-18-62-19-16-26)24-37-49-35-14-10-29-20-27(8-12-32(29)40(35)51-37)28-9-13-33(34(47)22-28)36-23-48-42(50-36)41-30-7-11-31(21-30)55(41)44(57)38(25(2)3)52-45(58)60-4/h8-10,12-14,20,22-23,25-26,30-31,38-39,41H,6-7,11,15-19,21,24H2,1-5H3,(H,48,50)(H,49,51)(H,52,58)(H,53,59)/t30-,31+,38-,39-,41-/m0/s1. The van der Waals surface area contributed by atoms with Crippen LogP contribution in [0.25, 0.3) is 44.2 Å². The third-order valence-corrected chi connectivity index (χ3v) is 12.8. The fourth-order valence-corrected chi connectivity index (χ4v) is 9.69. The highest BCUT2D eigenvalue weighted by Crippen LogP contribution is 2.50. The molecule has 62 heavy (non-hydrogen) atoms. The predicted octanol–water partition coefficient (Wildman–Crippen LogP) is 7.23. The number of methoxy groups -OCH3 is 2. The van der Waals surface area contributed by atoms with Gasteiger partial charge in [-0.25, -0.2) is 23.9 Å². The number of rotatable bonds is 13. The Kier molecular flexibility index (Phi) is 12.5. The number of carbonyl (C=O) groups excluding carboxylic acids is 4. The first-order valence-electron chi connectivity index (χ1n) is 21.6. The summed E-state index contributed by atoms with van der Waals surface area (Å²) >= 11 is 0. The fraction of sp³-hybridized carbons (Fsp3) is 0.478. The molecule has 4 heterocycles. The van der Waals surface area contributed by atoms with E-state index in [9.17, 15) is 19.2 Å². The molecule has 4 N–H and O–H groups in total. The van der Waals surface area contributed by atoms with Crippen LogP contribution in [0.15, 0.2) is 54.7 Å². The molecule has 5 aromatic rings. The maximum Gasteiger partial charge on any atom is 0.407 e. The van der Waals surface area contributed by atoms with E-state index in [1.807, 2.05) is 62.1 Å². The normalized spacial score (nSPS) is 19.8. The SMILES string of the molecule is CCCN(Cc1nc2c(ccc3cc(-c4ccc(-c5cnc([C@@H]6[C@H]7CC[C@H](C7)N6C(=O)[C@@H](NC(=O)OC)C(C)C)[nH]5)c(F)c4)ccc32)[nH]1)C(=O)[C@@H](NC(=O)OC)C1CCOCC1. The summed E-state index contributed by atoms with van der Waals surface area (Å²) in [6, 6.07) is 13.3. The van der Waals surface area contributed by atoms with Crippen LogP contribution in [0.5, 0.6) is 0 Å². The van der Waals surface area contributed by atoms with E-state index in [1.54, 1.807) is 17.2 Å². The molecule has 2 bridgehead atoms. The number of imidazole rings is 2. The van der Waals surface area contributed by atoms with Crippen LogP contribution in [0.2, 0.25) is 0 Å². The number of H-pyrrole nitrogens is 2. The number of aromatic amines is 2. The largest absolute Gasteiger partial charge is 0.453 e. The average Bonchev–Trinajstić information content (AvgIpc) is 4.11. The second kappa shape index (κ2) is 18.1. The van der Waals surface area contributed by atoms with E-state index in [0.29, 0.717) is 61.1 Å².